The number of rotatable bonds is 2. The Kier molecular flexibility index (Phi) is 3.42. The lowest BCUT2D eigenvalue weighted by Gasteiger charge is -1.96. The van der Waals surface area contributed by atoms with Crippen LogP contribution in [0.15, 0.2) is 58.4 Å². The van der Waals surface area contributed by atoms with Crippen LogP contribution in [0.25, 0.3) is 0 Å². The smallest absolute Gasteiger partial charge is 0.0630 e. The number of hydrogen-bond donors (Lipinski definition) is 1. The van der Waals surface area contributed by atoms with Gasteiger partial charge in [0.2, 0.25) is 0 Å². The molecule has 80 valence electrons. The minimum atomic E-state index is 0.943. The second-order valence-electron chi connectivity index (χ2n) is 3.69. The number of nitrogens with zero attached hydrogens (tertiary/aromatic N) is 1. The fraction of sp³-hybridized carbons (Fsp3) is 0.0714. The van der Waals surface area contributed by atoms with Crippen LogP contribution in [0.4, 0.5) is 5.69 Å². The Labute approximate surface area is 101 Å². The SMILES string of the molecule is Cc1ccc(/C=N\c2ccc(S)cc2)cc1. The number of hydrogen-bond acceptors (Lipinski definition) is 2. The molecule has 0 saturated carbocycles. The Morgan fingerprint density at radius 1 is 0.938 bits per heavy atom. The van der Waals surface area contributed by atoms with Gasteiger partial charge in [0.15, 0.2) is 0 Å². The van der Waals surface area contributed by atoms with Gasteiger partial charge in [-0.15, -0.1) is 12.6 Å². The summed E-state index contributed by atoms with van der Waals surface area (Å²) in [6, 6.07) is 16.1. The molecule has 0 amide bonds. The van der Waals surface area contributed by atoms with Gasteiger partial charge in [-0.25, -0.2) is 0 Å². The molecule has 1 nitrogen and oxygen atoms in total. The molecule has 16 heavy (non-hydrogen) atoms. The summed E-state index contributed by atoms with van der Waals surface area (Å²) >= 11 is 4.23. The van der Waals surface area contributed by atoms with Gasteiger partial charge in [-0.05, 0) is 36.8 Å². The molecular formula is C14H13NS. The average Bonchev–Trinajstić information content (AvgIpc) is 2.30. The van der Waals surface area contributed by atoms with Crippen molar-refractivity contribution in [1.29, 1.82) is 0 Å². The molecule has 0 N–H and O–H groups in total. The van der Waals surface area contributed by atoms with E-state index in [0.717, 1.165) is 16.1 Å². The quantitative estimate of drug-likeness (QED) is 0.587. The molecule has 2 aromatic rings. The zero-order valence-electron chi connectivity index (χ0n) is 9.09. The molecule has 2 aromatic carbocycles. The van der Waals surface area contributed by atoms with Crippen LogP contribution in [-0.4, -0.2) is 6.21 Å². The Bertz CT molecular complexity index is 436. The molecule has 0 heterocycles. The van der Waals surface area contributed by atoms with E-state index < -0.39 is 0 Å². The van der Waals surface area contributed by atoms with E-state index in [1.54, 1.807) is 0 Å². The van der Waals surface area contributed by atoms with Crippen LogP contribution < -0.4 is 0 Å². The zero-order valence-corrected chi connectivity index (χ0v) is 9.99. The summed E-state index contributed by atoms with van der Waals surface area (Å²) in [5, 5.41) is 0. The largest absolute Gasteiger partial charge is 0.256 e. The Morgan fingerprint density at radius 3 is 2.19 bits per heavy atom. The first kappa shape index (κ1) is 11.0. The van der Waals surface area contributed by atoms with Crippen LogP contribution in [0.3, 0.4) is 0 Å². The molecule has 0 spiro atoms. The fourth-order valence-corrected chi connectivity index (χ4v) is 1.49. The highest BCUT2D eigenvalue weighted by molar-refractivity contribution is 7.80. The molecular weight excluding hydrogens is 214 g/mol. The summed E-state index contributed by atoms with van der Waals surface area (Å²) in [5.41, 5.74) is 3.32. The van der Waals surface area contributed by atoms with Crippen LogP contribution in [0, 0.1) is 6.92 Å². The molecule has 0 aliphatic rings. The third kappa shape index (κ3) is 2.97. The average molecular weight is 227 g/mol. The van der Waals surface area contributed by atoms with Gasteiger partial charge in [-0.3, -0.25) is 4.99 Å². The van der Waals surface area contributed by atoms with Gasteiger partial charge >= 0.3 is 0 Å². The Balaban J connectivity index is 2.15. The van der Waals surface area contributed by atoms with Crippen LogP contribution in [0.2, 0.25) is 0 Å². The van der Waals surface area contributed by atoms with Crippen molar-refractivity contribution in [3.63, 3.8) is 0 Å². The molecule has 0 aromatic heterocycles. The molecule has 2 heteroatoms. The number of aryl methyl sites for hydroxylation is 1. The molecule has 0 aliphatic heterocycles. The standard InChI is InChI=1S/C14H13NS/c1-11-2-4-12(5-3-11)10-15-13-6-8-14(16)9-7-13/h2-10,16H,1H3/b15-10-. The minimum Gasteiger partial charge on any atom is -0.256 e. The highest BCUT2D eigenvalue weighted by Crippen LogP contribution is 2.15. The monoisotopic (exact) mass is 227 g/mol. The van der Waals surface area contributed by atoms with E-state index in [2.05, 4.69) is 48.8 Å². The van der Waals surface area contributed by atoms with Gasteiger partial charge < -0.3 is 0 Å². The predicted octanol–water partition coefficient (Wildman–Crippen LogP) is 4.03. The van der Waals surface area contributed by atoms with Gasteiger partial charge in [-0.1, -0.05) is 29.8 Å². The maximum absolute atomic E-state index is 4.39. The number of thiol groups is 1. The molecule has 0 unspecified atom stereocenters. The van der Waals surface area contributed by atoms with E-state index in [1.807, 2.05) is 30.5 Å². The van der Waals surface area contributed by atoms with Crippen LogP contribution in [0.1, 0.15) is 11.1 Å². The van der Waals surface area contributed by atoms with Crippen molar-refractivity contribution in [1.82, 2.24) is 0 Å². The molecule has 0 radical (unpaired) electrons. The third-order valence-electron chi connectivity index (χ3n) is 2.29. The Hall–Kier alpha value is -1.54. The van der Waals surface area contributed by atoms with Crippen LogP contribution >= 0.6 is 12.6 Å². The van der Waals surface area contributed by atoms with E-state index in [9.17, 15) is 0 Å². The van der Waals surface area contributed by atoms with Gasteiger partial charge in [0, 0.05) is 11.1 Å². The lowest BCUT2D eigenvalue weighted by Crippen LogP contribution is -1.80. The summed E-state index contributed by atoms with van der Waals surface area (Å²) in [7, 11) is 0. The Morgan fingerprint density at radius 2 is 1.56 bits per heavy atom. The van der Waals surface area contributed by atoms with E-state index in [1.165, 1.54) is 5.56 Å². The van der Waals surface area contributed by atoms with E-state index >= 15 is 0 Å². The summed E-state index contributed by atoms with van der Waals surface area (Å²) in [5.74, 6) is 0. The van der Waals surface area contributed by atoms with E-state index in [4.69, 9.17) is 0 Å². The minimum absolute atomic E-state index is 0.943. The third-order valence-corrected chi connectivity index (χ3v) is 2.59. The topological polar surface area (TPSA) is 12.4 Å². The first-order chi connectivity index (χ1) is 7.74. The first-order valence-corrected chi connectivity index (χ1v) is 5.58. The molecule has 0 atom stereocenters. The highest BCUT2D eigenvalue weighted by atomic mass is 32.1. The molecule has 2 rings (SSSR count). The zero-order chi connectivity index (χ0) is 11.4. The van der Waals surface area contributed by atoms with Crippen LogP contribution in [-0.2, 0) is 0 Å². The van der Waals surface area contributed by atoms with Crippen molar-refractivity contribution in [3.05, 3.63) is 59.7 Å². The predicted molar refractivity (Wildman–Crippen MR) is 72.1 cm³/mol. The second kappa shape index (κ2) is 4.99. The summed E-state index contributed by atoms with van der Waals surface area (Å²) in [6.07, 6.45) is 1.87. The summed E-state index contributed by atoms with van der Waals surface area (Å²) < 4.78 is 0. The van der Waals surface area contributed by atoms with Crippen molar-refractivity contribution in [2.24, 2.45) is 4.99 Å². The lowest BCUT2D eigenvalue weighted by atomic mass is 10.2. The van der Waals surface area contributed by atoms with Crippen molar-refractivity contribution in [2.45, 2.75) is 11.8 Å². The van der Waals surface area contributed by atoms with Crippen molar-refractivity contribution in [2.75, 3.05) is 0 Å². The van der Waals surface area contributed by atoms with Gasteiger partial charge in [0.05, 0.1) is 5.69 Å². The maximum Gasteiger partial charge on any atom is 0.0630 e. The van der Waals surface area contributed by atoms with Crippen molar-refractivity contribution in [3.8, 4) is 0 Å². The van der Waals surface area contributed by atoms with Crippen LogP contribution in [0.5, 0.6) is 0 Å². The van der Waals surface area contributed by atoms with Crippen molar-refractivity contribution >= 4 is 24.5 Å². The molecule has 0 aliphatic carbocycles. The fourth-order valence-electron chi connectivity index (χ4n) is 1.34. The molecule has 0 bridgehead atoms. The highest BCUT2D eigenvalue weighted by Gasteiger charge is 1.89. The first-order valence-electron chi connectivity index (χ1n) is 5.14. The maximum atomic E-state index is 4.39. The van der Waals surface area contributed by atoms with Crippen molar-refractivity contribution < 1.29 is 0 Å². The van der Waals surface area contributed by atoms with Gasteiger partial charge in [-0.2, -0.15) is 0 Å². The van der Waals surface area contributed by atoms with Gasteiger partial charge in [0.1, 0.15) is 0 Å². The summed E-state index contributed by atoms with van der Waals surface area (Å²) in [4.78, 5) is 5.34. The number of aliphatic imine (C=N–C) groups is 1. The number of benzene rings is 2. The van der Waals surface area contributed by atoms with E-state index in [0.29, 0.717) is 0 Å². The normalized spacial score (nSPS) is 10.9. The van der Waals surface area contributed by atoms with Gasteiger partial charge in [0.25, 0.3) is 0 Å². The van der Waals surface area contributed by atoms with E-state index in [-0.39, 0.29) is 0 Å². The second-order valence-corrected chi connectivity index (χ2v) is 4.20. The molecule has 0 saturated heterocycles. The molecule has 0 fully saturated rings. The summed E-state index contributed by atoms with van der Waals surface area (Å²) in [6.45, 7) is 2.08. The lowest BCUT2D eigenvalue weighted by molar-refractivity contribution is 1.43.